The van der Waals surface area contributed by atoms with Crippen molar-refractivity contribution in [3.8, 4) is 0 Å². The average Bonchev–Trinajstić information content (AvgIpc) is 3.05. The second kappa shape index (κ2) is 5.53. The van der Waals surface area contributed by atoms with Gasteiger partial charge in [0.05, 0.1) is 6.33 Å². The molecule has 18 heavy (non-hydrogen) atoms. The second-order valence-electron chi connectivity index (χ2n) is 4.32. The molecule has 5 nitrogen and oxygen atoms in total. The highest BCUT2D eigenvalue weighted by Crippen LogP contribution is 2.05. The predicted octanol–water partition coefficient (Wildman–Crippen LogP) is 1.76. The van der Waals surface area contributed by atoms with Crippen molar-refractivity contribution in [2.45, 2.75) is 26.3 Å². The largest absolute Gasteiger partial charge is 0.354 e. The molecule has 0 aromatic carbocycles. The zero-order valence-corrected chi connectivity index (χ0v) is 10.7. The van der Waals surface area contributed by atoms with Crippen LogP contribution in [-0.4, -0.2) is 27.0 Å². The van der Waals surface area contributed by atoms with Crippen molar-refractivity contribution in [2.24, 2.45) is 0 Å². The number of hydrogen-bond acceptors (Lipinski definition) is 2. The summed E-state index contributed by atoms with van der Waals surface area (Å²) < 4.78 is 1.96. The van der Waals surface area contributed by atoms with Crippen molar-refractivity contribution in [3.63, 3.8) is 0 Å². The summed E-state index contributed by atoms with van der Waals surface area (Å²) in [4.78, 5) is 19.0. The van der Waals surface area contributed by atoms with E-state index in [9.17, 15) is 4.79 Å². The Morgan fingerprint density at radius 2 is 2.39 bits per heavy atom. The van der Waals surface area contributed by atoms with Crippen molar-refractivity contribution < 1.29 is 4.79 Å². The topological polar surface area (TPSA) is 62.7 Å². The lowest BCUT2D eigenvalue weighted by Gasteiger charge is -2.13. The molecule has 1 atom stereocenters. The number of H-pyrrole nitrogens is 1. The first-order chi connectivity index (χ1) is 8.70. The van der Waals surface area contributed by atoms with Gasteiger partial charge in [0.15, 0.2) is 0 Å². The van der Waals surface area contributed by atoms with E-state index >= 15 is 0 Å². The molecule has 0 spiro atoms. The molecule has 2 N–H and O–H groups in total. The van der Waals surface area contributed by atoms with Gasteiger partial charge in [-0.05, 0) is 25.5 Å². The third-order valence-electron chi connectivity index (χ3n) is 2.96. The fourth-order valence-corrected chi connectivity index (χ4v) is 1.75. The van der Waals surface area contributed by atoms with Crippen molar-refractivity contribution in [1.82, 2.24) is 19.9 Å². The summed E-state index contributed by atoms with van der Waals surface area (Å²) in [6, 6.07) is 3.95. The Hall–Kier alpha value is -2.04. The Kier molecular flexibility index (Phi) is 3.82. The molecule has 0 saturated heterocycles. The molecule has 0 aliphatic carbocycles. The van der Waals surface area contributed by atoms with Crippen molar-refractivity contribution in [1.29, 1.82) is 0 Å². The molecule has 1 amide bonds. The van der Waals surface area contributed by atoms with Gasteiger partial charge in [0.25, 0.3) is 5.91 Å². The fraction of sp³-hybridized carbons (Fsp3) is 0.385. The number of carbonyl (C=O) groups excluding carboxylic acids is 1. The lowest BCUT2D eigenvalue weighted by Crippen LogP contribution is -2.29. The number of imidazole rings is 1. The highest BCUT2D eigenvalue weighted by atomic mass is 16.1. The minimum Gasteiger partial charge on any atom is -0.354 e. The molecule has 0 unspecified atom stereocenters. The van der Waals surface area contributed by atoms with E-state index in [1.54, 1.807) is 12.5 Å². The number of rotatable bonds is 5. The van der Waals surface area contributed by atoms with Gasteiger partial charge in [-0.25, -0.2) is 4.98 Å². The van der Waals surface area contributed by atoms with Gasteiger partial charge < -0.3 is 14.9 Å². The molecule has 0 bridgehead atoms. The quantitative estimate of drug-likeness (QED) is 0.844. The number of hydrogen-bond donors (Lipinski definition) is 2. The summed E-state index contributed by atoms with van der Waals surface area (Å²) in [6.45, 7) is 4.67. The Bertz CT molecular complexity index is 501. The summed E-state index contributed by atoms with van der Waals surface area (Å²) in [6.07, 6.45) is 6.27. The van der Waals surface area contributed by atoms with E-state index < -0.39 is 0 Å². The maximum atomic E-state index is 11.9. The number of aromatic amines is 1. The lowest BCUT2D eigenvalue weighted by molar-refractivity contribution is 0.0944. The van der Waals surface area contributed by atoms with Crippen LogP contribution in [0.3, 0.4) is 0 Å². The maximum Gasteiger partial charge on any atom is 0.267 e. The first-order valence-corrected chi connectivity index (χ1v) is 6.14. The van der Waals surface area contributed by atoms with E-state index in [1.807, 2.05) is 29.8 Å². The monoisotopic (exact) mass is 246 g/mol. The second-order valence-corrected chi connectivity index (χ2v) is 4.32. The number of nitrogens with zero attached hydrogens (tertiary/aromatic N) is 2. The van der Waals surface area contributed by atoms with Crippen molar-refractivity contribution in [2.75, 3.05) is 6.54 Å². The summed E-state index contributed by atoms with van der Waals surface area (Å²) in [5, 5.41) is 2.91. The first kappa shape index (κ1) is 12.4. The molecule has 2 heterocycles. The van der Waals surface area contributed by atoms with E-state index in [-0.39, 0.29) is 11.9 Å². The summed E-state index contributed by atoms with van der Waals surface area (Å²) in [5.41, 5.74) is 1.69. The fourth-order valence-electron chi connectivity index (χ4n) is 1.75. The van der Waals surface area contributed by atoms with E-state index in [4.69, 9.17) is 0 Å². The highest BCUT2D eigenvalue weighted by molar-refractivity contribution is 5.92. The van der Waals surface area contributed by atoms with Gasteiger partial charge in [-0.2, -0.15) is 0 Å². The predicted molar refractivity (Wildman–Crippen MR) is 69.4 cm³/mol. The van der Waals surface area contributed by atoms with Gasteiger partial charge in [0, 0.05) is 30.7 Å². The first-order valence-electron chi connectivity index (χ1n) is 6.14. The van der Waals surface area contributed by atoms with E-state index in [2.05, 4.69) is 22.2 Å². The van der Waals surface area contributed by atoms with Crippen LogP contribution in [0.25, 0.3) is 0 Å². The standard InChI is InChI=1S/C13H18N4O/c1-3-11-4-5-12(16-11)13(18)15-8-10(2)17-7-6-14-9-17/h4-7,9-10,16H,3,8H2,1-2H3,(H,15,18)/t10-/m1/s1. The molecule has 0 fully saturated rings. The zero-order valence-electron chi connectivity index (χ0n) is 10.7. The number of carbonyl (C=O) groups is 1. The van der Waals surface area contributed by atoms with Crippen LogP contribution in [0.5, 0.6) is 0 Å². The van der Waals surface area contributed by atoms with Crippen LogP contribution in [0.2, 0.25) is 0 Å². The summed E-state index contributed by atoms with van der Waals surface area (Å²) in [5.74, 6) is -0.0679. The van der Waals surface area contributed by atoms with Crippen molar-refractivity contribution >= 4 is 5.91 Å². The number of amides is 1. The maximum absolute atomic E-state index is 11.9. The third-order valence-corrected chi connectivity index (χ3v) is 2.96. The molecule has 2 rings (SSSR count). The molecular formula is C13H18N4O. The number of nitrogens with one attached hydrogen (secondary N) is 2. The van der Waals surface area contributed by atoms with Crippen LogP contribution >= 0.6 is 0 Å². The molecule has 0 radical (unpaired) electrons. The highest BCUT2D eigenvalue weighted by Gasteiger charge is 2.10. The smallest absolute Gasteiger partial charge is 0.267 e. The van der Waals surface area contributed by atoms with Crippen LogP contribution in [0.15, 0.2) is 30.9 Å². The molecule has 0 aliphatic rings. The Morgan fingerprint density at radius 1 is 1.56 bits per heavy atom. The third kappa shape index (κ3) is 2.80. The van der Waals surface area contributed by atoms with Gasteiger partial charge in [0.2, 0.25) is 0 Å². The average molecular weight is 246 g/mol. The van der Waals surface area contributed by atoms with Crippen LogP contribution in [0.1, 0.15) is 36.1 Å². The van der Waals surface area contributed by atoms with Gasteiger partial charge in [-0.1, -0.05) is 6.92 Å². The Morgan fingerprint density at radius 3 is 3.00 bits per heavy atom. The molecular weight excluding hydrogens is 228 g/mol. The SMILES string of the molecule is CCc1ccc(C(=O)NC[C@@H](C)n2ccnc2)[nH]1. The van der Waals surface area contributed by atoms with E-state index in [0.29, 0.717) is 12.2 Å². The minimum atomic E-state index is -0.0679. The van der Waals surface area contributed by atoms with Crippen molar-refractivity contribution in [3.05, 3.63) is 42.2 Å². The van der Waals surface area contributed by atoms with Gasteiger partial charge in [0.1, 0.15) is 5.69 Å². The summed E-state index contributed by atoms with van der Waals surface area (Å²) in [7, 11) is 0. The van der Waals surface area contributed by atoms with Crippen LogP contribution in [0.4, 0.5) is 0 Å². The van der Waals surface area contributed by atoms with Crippen LogP contribution in [-0.2, 0) is 6.42 Å². The number of aryl methyl sites for hydroxylation is 1. The molecule has 96 valence electrons. The Balaban J connectivity index is 1.88. The minimum absolute atomic E-state index is 0.0679. The van der Waals surface area contributed by atoms with Crippen LogP contribution in [0, 0.1) is 0 Å². The van der Waals surface area contributed by atoms with E-state index in [0.717, 1.165) is 12.1 Å². The van der Waals surface area contributed by atoms with Crippen LogP contribution < -0.4 is 5.32 Å². The Labute approximate surface area is 106 Å². The van der Waals surface area contributed by atoms with Gasteiger partial charge in [-0.15, -0.1) is 0 Å². The molecule has 0 saturated carbocycles. The summed E-state index contributed by atoms with van der Waals surface area (Å²) >= 11 is 0. The lowest BCUT2D eigenvalue weighted by atomic mass is 10.3. The zero-order chi connectivity index (χ0) is 13.0. The molecule has 2 aromatic heterocycles. The molecule has 2 aromatic rings. The molecule has 0 aliphatic heterocycles. The van der Waals surface area contributed by atoms with Gasteiger partial charge >= 0.3 is 0 Å². The molecule has 5 heteroatoms. The van der Waals surface area contributed by atoms with Gasteiger partial charge in [-0.3, -0.25) is 4.79 Å². The van der Waals surface area contributed by atoms with E-state index in [1.165, 1.54) is 0 Å². The number of aromatic nitrogens is 3. The normalized spacial score (nSPS) is 12.3.